The maximum atomic E-state index is 13.7. The van der Waals surface area contributed by atoms with Crippen molar-refractivity contribution in [3.8, 4) is 11.4 Å². The number of aromatic nitrogens is 2. The van der Waals surface area contributed by atoms with E-state index in [-0.39, 0.29) is 18.0 Å². The second kappa shape index (κ2) is 9.19. The highest BCUT2D eigenvalue weighted by atomic mass is 32.1. The molecule has 4 aromatic rings. The first-order valence-corrected chi connectivity index (χ1v) is 12.6. The summed E-state index contributed by atoms with van der Waals surface area (Å²) in [5, 5.41) is 0.479. The van der Waals surface area contributed by atoms with E-state index in [0.717, 1.165) is 39.1 Å². The largest absolute Gasteiger partial charge is 0.494 e. The molecule has 0 aliphatic carbocycles. The maximum absolute atomic E-state index is 13.7. The van der Waals surface area contributed by atoms with Crippen molar-refractivity contribution >= 4 is 33.1 Å². The molecule has 3 heterocycles. The maximum Gasteiger partial charge on any atom is 0.337 e. The molecular weight excluding hydrogens is 462 g/mol. The molecule has 1 aliphatic heterocycles. The minimum absolute atomic E-state index is 0.139. The number of anilines is 1. The Hall–Kier alpha value is -3.65. The van der Waals surface area contributed by atoms with E-state index in [1.54, 1.807) is 29.2 Å². The van der Waals surface area contributed by atoms with Gasteiger partial charge in [0, 0.05) is 17.1 Å². The molecule has 8 heteroatoms. The number of carbonyl (C=O) groups excluding carboxylic acids is 1. The lowest BCUT2D eigenvalue weighted by molar-refractivity contribution is -0.119. The molecule has 35 heavy (non-hydrogen) atoms. The Labute approximate surface area is 206 Å². The van der Waals surface area contributed by atoms with Gasteiger partial charge in [0.25, 0.3) is 5.56 Å². The molecule has 0 saturated heterocycles. The van der Waals surface area contributed by atoms with Crippen molar-refractivity contribution in [2.75, 3.05) is 18.1 Å². The fraction of sp³-hybridized carbons (Fsp3) is 0.296. The number of hydrogen-bond donors (Lipinski definition) is 0. The van der Waals surface area contributed by atoms with E-state index < -0.39 is 5.69 Å². The van der Waals surface area contributed by atoms with E-state index in [9.17, 15) is 14.4 Å². The first-order valence-electron chi connectivity index (χ1n) is 11.8. The Morgan fingerprint density at radius 2 is 1.80 bits per heavy atom. The van der Waals surface area contributed by atoms with Crippen LogP contribution in [0.1, 0.15) is 29.3 Å². The van der Waals surface area contributed by atoms with Gasteiger partial charge in [-0.1, -0.05) is 18.2 Å². The summed E-state index contributed by atoms with van der Waals surface area (Å²) >= 11 is 1.38. The smallest absolute Gasteiger partial charge is 0.337 e. The highest BCUT2D eigenvalue weighted by molar-refractivity contribution is 7.18. The van der Waals surface area contributed by atoms with Crippen LogP contribution in [0.3, 0.4) is 0 Å². The number of carbonyl (C=O) groups is 1. The quantitative estimate of drug-likeness (QED) is 0.421. The molecular formula is C27H27N3O4S. The van der Waals surface area contributed by atoms with Crippen LogP contribution in [0.15, 0.2) is 58.1 Å². The first kappa shape index (κ1) is 23.1. The van der Waals surface area contributed by atoms with Gasteiger partial charge in [-0.25, -0.2) is 9.36 Å². The van der Waals surface area contributed by atoms with Crippen molar-refractivity contribution < 1.29 is 9.53 Å². The summed E-state index contributed by atoms with van der Waals surface area (Å²) in [5.74, 6) is 0.494. The van der Waals surface area contributed by atoms with E-state index in [4.69, 9.17) is 4.74 Å². The second-order valence-electron chi connectivity index (χ2n) is 8.68. The number of fused-ring (bicyclic) bond motifs is 2. The van der Waals surface area contributed by atoms with Gasteiger partial charge in [0.05, 0.1) is 17.7 Å². The third-order valence-corrected chi connectivity index (χ3v) is 7.79. The monoisotopic (exact) mass is 489 g/mol. The van der Waals surface area contributed by atoms with E-state index in [0.29, 0.717) is 34.8 Å². The molecule has 0 N–H and O–H groups in total. The highest BCUT2D eigenvalue weighted by Gasteiger charge is 2.26. The molecule has 5 rings (SSSR count). The van der Waals surface area contributed by atoms with Crippen LogP contribution in [0, 0.1) is 13.8 Å². The first-order chi connectivity index (χ1) is 16.9. The van der Waals surface area contributed by atoms with Gasteiger partial charge in [0.15, 0.2) is 0 Å². The third kappa shape index (κ3) is 3.97. The Kier molecular flexibility index (Phi) is 6.06. The summed E-state index contributed by atoms with van der Waals surface area (Å²) in [5.41, 5.74) is 2.41. The Morgan fingerprint density at radius 3 is 2.54 bits per heavy atom. The van der Waals surface area contributed by atoms with Crippen LogP contribution in [-0.2, 0) is 17.8 Å². The van der Waals surface area contributed by atoms with Crippen molar-refractivity contribution in [1.29, 1.82) is 0 Å². The Bertz CT molecular complexity index is 1550. The van der Waals surface area contributed by atoms with Crippen molar-refractivity contribution in [3.63, 3.8) is 0 Å². The topological polar surface area (TPSA) is 73.5 Å². The van der Waals surface area contributed by atoms with E-state index in [1.807, 2.05) is 45.0 Å². The van der Waals surface area contributed by atoms with Crippen molar-refractivity contribution in [1.82, 2.24) is 9.13 Å². The van der Waals surface area contributed by atoms with Gasteiger partial charge in [0.2, 0.25) is 5.91 Å². The van der Waals surface area contributed by atoms with Crippen LogP contribution >= 0.6 is 11.3 Å². The average molecular weight is 490 g/mol. The number of nitrogens with zero attached hydrogens (tertiary/aromatic N) is 3. The molecule has 0 bridgehead atoms. The lowest BCUT2D eigenvalue weighted by Gasteiger charge is -2.29. The molecule has 0 radical (unpaired) electrons. The van der Waals surface area contributed by atoms with Crippen LogP contribution in [0.5, 0.6) is 5.75 Å². The molecule has 0 saturated carbocycles. The van der Waals surface area contributed by atoms with Gasteiger partial charge < -0.3 is 9.64 Å². The summed E-state index contributed by atoms with van der Waals surface area (Å²) in [4.78, 5) is 44.0. The van der Waals surface area contributed by atoms with Crippen molar-refractivity contribution in [2.45, 2.75) is 40.2 Å². The molecule has 0 unspecified atom stereocenters. The SMILES string of the molecule is CCOc1ccc(-n2c(=O)c3c(C)c(C)sc3n(CC(=O)N3CCCc4ccccc43)c2=O)cc1. The van der Waals surface area contributed by atoms with Crippen LogP contribution in [0.4, 0.5) is 5.69 Å². The van der Waals surface area contributed by atoms with Crippen LogP contribution < -0.4 is 20.9 Å². The van der Waals surface area contributed by atoms with E-state index in [1.165, 1.54) is 15.9 Å². The molecule has 2 aromatic carbocycles. The van der Waals surface area contributed by atoms with Crippen LogP contribution in [0.25, 0.3) is 15.9 Å². The zero-order chi connectivity index (χ0) is 24.7. The lowest BCUT2D eigenvalue weighted by atomic mass is 10.0. The Morgan fingerprint density at radius 1 is 1.06 bits per heavy atom. The summed E-state index contributed by atoms with van der Waals surface area (Å²) < 4.78 is 8.12. The molecule has 0 atom stereocenters. The van der Waals surface area contributed by atoms with E-state index >= 15 is 0 Å². The molecule has 1 amide bonds. The number of hydrogen-bond acceptors (Lipinski definition) is 5. The molecule has 1 aliphatic rings. The summed E-state index contributed by atoms with van der Waals surface area (Å²) in [6, 6.07) is 14.8. The third-order valence-electron chi connectivity index (χ3n) is 6.56. The molecule has 0 fully saturated rings. The van der Waals surface area contributed by atoms with Gasteiger partial charge in [-0.3, -0.25) is 14.2 Å². The number of aryl methyl sites for hydroxylation is 3. The van der Waals surface area contributed by atoms with Gasteiger partial charge >= 0.3 is 5.69 Å². The number of thiophene rings is 1. The van der Waals surface area contributed by atoms with Gasteiger partial charge in [0.1, 0.15) is 17.1 Å². The van der Waals surface area contributed by atoms with Gasteiger partial charge in [-0.05, 0) is 75.1 Å². The number of amides is 1. The normalized spacial score (nSPS) is 13.2. The zero-order valence-electron chi connectivity index (χ0n) is 20.0. The van der Waals surface area contributed by atoms with Gasteiger partial charge in [-0.2, -0.15) is 0 Å². The minimum Gasteiger partial charge on any atom is -0.494 e. The van der Waals surface area contributed by atoms with Crippen LogP contribution in [0.2, 0.25) is 0 Å². The zero-order valence-corrected chi connectivity index (χ0v) is 20.9. The molecule has 0 spiro atoms. The Balaban J connectivity index is 1.64. The van der Waals surface area contributed by atoms with Crippen molar-refractivity contribution in [2.24, 2.45) is 0 Å². The lowest BCUT2D eigenvalue weighted by Crippen LogP contribution is -2.43. The number of ether oxygens (including phenoxy) is 1. The number of rotatable bonds is 5. The fourth-order valence-electron chi connectivity index (χ4n) is 4.70. The van der Waals surface area contributed by atoms with Crippen LogP contribution in [-0.4, -0.2) is 28.2 Å². The number of benzene rings is 2. The number of para-hydroxylation sites is 1. The standard InChI is InChI=1S/C27H27N3O4S/c1-4-34-21-13-11-20(12-14-21)30-25(32)24-17(2)18(3)35-26(24)29(27(30)33)16-23(31)28-15-7-9-19-8-5-6-10-22(19)28/h5-6,8,10-14H,4,7,9,15-16H2,1-3H3. The molecule has 180 valence electrons. The molecule has 2 aromatic heterocycles. The average Bonchev–Trinajstić information content (AvgIpc) is 3.16. The molecule has 7 nitrogen and oxygen atoms in total. The van der Waals surface area contributed by atoms with Crippen molar-refractivity contribution in [3.05, 3.63) is 85.4 Å². The predicted octanol–water partition coefficient (Wildman–Crippen LogP) is 4.21. The predicted molar refractivity (Wildman–Crippen MR) is 139 cm³/mol. The summed E-state index contributed by atoms with van der Waals surface area (Å²) in [7, 11) is 0. The summed E-state index contributed by atoms with van der Waals surface area (Å²) in [6.07, 6.45) is 1.80. The second-order valence-corrected chi connectivity index (χ2v) is 9.88. The summed E-state index contributed by atoms with van der Waals surface area (Å²) in [6.45, 7) is 6.69. The minimum atomic E-state index is -0.522. The van der Waals surface area contributed by atoms with Gasteiger partial charge in [-0.15, -0.1) is 11.3 Å². The highest BCUT2D eigenvalue weighted by Crippen LogP contribution is 2.29. The van der Waals surface area contributed by atoms with E-state index in [2.05, 4.69) is 0 Å². The fourth-order valence-corrected chi connectivity index (χ4v) is 5.84.